The zero-order chi connectivity index (χ0) is 13.3. The predicted molar refractivity (Wildman–Crippen MR) is 68.7 cm³/mol. The highest BCUT2D eigenvalue weighted by molar-refractivity contribution is 6.33. The smallest absolute Gasteiger partial charge is 0.311 e. The van der Waals surface area contributed by atoms with Gasteiger partial charge < -0.3 is 10.0 Å². The number of hydrogen-bond donors (Lipinski definition) is 1. The first-order chi connectivity index (χ1) is 8.46. The number of anilines is 1. The topological polar surface area (TPSA) is 64.3 Å². The monoisotopic (exact) mass is 264 g/mol. The highest BCUT2D eigenvalue weighted by atomic mass is 35.5. The maximum Gasteiger partial charge on any atom is 0.311 e. The van der Waals surface area contributed by atoms with Gasteiger partial charge in [-0.05, 0) is 31.5 Å². The third-order valence-corrected chi connectivity index (χ3v) is 3.71. The van der Waals surface area contributed by atoms with Crippen LogP contribution in [0.4, 0.5) is 5.69 Å². The number of carboxylic acid groups (broad SMARTS) is 1. The van der Waals surface area contributed by atoms with E-state index in [1.165, 1.54) is 0 Å². The number of benzene rings is 1. The molecule has 18 heavy (non-hydrogen) atoms. The minimum atomic E-state index is -0.783. The molecule has 1 N–H and O–H groups in total. The lowest BCUT2D eigenvalue weighted by Crippen LogP contribution is -2.31. The summed E-state index contributed by atoms with van der Waals surface area (Å²) in [6.45, 7) is 2.84. The van der Waals surface area contributed by atoms with Gasteiger partial charge in [0.05, 0.1) is 27.8 Å². The summed E-state index contributed by atoms with van der Waals surface area (Å²) in [6.07, 6.45) is 0.596. The molecule has 0 radical (unpaired) electrons. The first kappa shape index (κ1) is 12.7. The highest BCUT2D eigenvalue weighted by Crippen LogP contribution is 2.36. The first-order valence-electron chi connectivity index (χ1n) is 5.64. The molecule has 0 aromatic heterocycles. The molecular formula is C13H13ClN2O2. The molecule has 1 heterocycles. The van der Waals surface area contributed by atoms with Crippen molar-refractivity contribution in [3.63, 3.8) is 0 Å². The number of halogens is 1. The van der Waals surface area contributed by atoms with E-state index in [0.29, 0.717) is 30.1 Å². The lowest BCUT2D eigenvalue weighted by Gasteiger charge is -2.22. The summed E-state index contributed by atoms with van der Waals surface area (Å²) in [7, 11) is 0. The average Bonchev–Trinajstić information content (AvgIpc) is 2.73. The second-order valence-corrected chi connectivity index (χ2v) is 5.22. The molecule has 1 aliphatic heterocycles. The maximum absolute atomic E-state index is 11.2. The molecule has 1 unspecified atom stereocenters. The number of nitrogens with zero attached hydrogens (tertiary/aromatic N) is 2. The number of carboxylic acids is 1. The molecule has 1 fully saturated rings. The fraction of sp³-hybridized carbons (Fsp3) is 0.385. The normalized spacial score (nSPS) is 22.8. The number of hydrogen-bond acceptors (Lipinski definition) is 3. The van der Waals surface area contributed by atoms with Gasteiger partial charge in [0.25, 0.3) is 0 Å². The Hall–Kier alpha value is -1.73. The second kappa shape index (κ2) is 4.51. The third kappa shape index (κ3) is 2.14. The van der Waals surface area contributed by atoms with E-state index in [-0.39, 0.29) is 0 Å². The molecular weight excluding hydrogens is 252 g/mol. The fourth-order valence-corrected chi connectivity index (χ4v) is 2.47. The van der Waals surface area contributed by atoms with Gasteiger partial charge in [-0.3, -0.25) is 4.79 Å². The van der Waals surface area contributed by atoms with Gasteiger partial charge >= 0.3 is 5.97 Å². The molecule has 1 saturated heterocycles. The van der Waals surface area contributed by atoms with E-state index in [0.717, 1.165) is 5.69 Å². The van der Waals surface area contributed by atoms with Crippen molar-refractivity contribution in [2.24, 2.45) is 5.41 Å². The lowest BCUT2D eigenvalue weighted by molar-refractivity contribution is -0.146. The van der Waals surface area contributed by atoms with E-state index in [2.05, 4.69) is 0 Å². The molecule has 1 aromatic carbocycles. The van der Waals surface area contributed by atoms with Crippen molar-refractivity contribution in [3.05, 3.63) is 28.8 Å². The quantitative estimate of drug-likeness (QED) is 0.891. The Labute approximate surface area is 110 Å². The van der Waals surface area contributed by atoms with Crippen LogP contribution < -0.4 is 4.90 Å². The Morgan fingerprint density at radius 1 is 1.61 bits per heavy atom. The zero-order valence-corrected chi connectivity index (χ0v) is 10.7. The summed E-state index contributed by atoms with van der Waals surface area (Å²) in [5.41, 5.74) is 0.571. The van der Waals surface area contributed by atoms with Crippen LogP contribution in [0.2, 0.25) is 5.02 Å². The van der Waals surface area contributed by atoms with E-state index < -0.39 is 11.4 Å². The largest absolute Gasteiger partial charge is 0.481 e. The van der Waals surface area contributed by atoms with Crippen LogP contribution in [-0.2, 0) is 4.79 Å². The van der Waals surface area contributed by atoms with Gasteiger partial charge in [0.15, 0.2) is 0 Å². The Morgan fingerprint density at radius 3 is 2.83 bits per heavy atom. The highest BCUT2D eigenvalue weighted by Gasteiger charge is 2.40. The number of carbonyl (C=O) groups is 1. The Morgan fingerprint density at radius 2 is 2.33 bits per heavy atom. The van der Waals surface area contributed by atoms with Crippen molar-refractivity contribution in [3.8, 4) is 6.07 Å². The van der Waals surface area contributed by atoms with Crippen LogP contribution >= 0.6 is 11.6 Å². The van der Waals surface area contributed by atoms with E-state index in [1.54, 1.807) is 25.1 Å². The van der Waals surface area contributed by atoms with Crippen molar-refractivity contribution >= 4 is 23.3 Å². The molecule has 94 valence electrons. The Kier molecular flexibility index (Phi) is 3.18. The molecule has 0 aliphatic carbocycles. The summed E-state index contributed by atoms with van der Waals surface area (Å²) >= 11 is 6.12. The van der Waals surface area contributed by atoms with E-state index in [9.17, 15) is 9.90 Å². The molecule has 1 aromatic rings. The van der Waals surface area contributed by atoms with Crippen molar-refractivity contribution in [2.75, 3.05) is 18.0 Å². The van der Waals surface area contributed by atoms with Crippen molar-refractivity contribution in [2.45, 2.75) is 13.3 Å². The van der Waals surface area contributed by atoms with Crippen molar-refractivity contribution in [1.82, 2.24) is 0 Å². The minimum absolute atomic E-state index is 0.438. The zero-order valence-electron chi connectivity index (χ0n) is 9.98. The summed E-state index contributed by atoms with van der Waals surface area (Å²) in [5, 5.41) is 18.4. The van der Waals surface area contributed by atoms with Crippen LogP contribution in [-0.4, -0.2) is 24.2 Å². The van der Waals surface area contributed by atoms with Crippen LogP contribution in [0.1, 0.15) is 18.9 Å². The van der Waals surface area contributed by atoms with Gasteiger partial charge in [0.2, 0.25) is 0 Å². The van der Waals surface area contributed by atoms with E-state index >= 15 is 0 Å². The summed E-state index contributed by atoms with van der Waals surface area (Å²) in [5.74, 6) is -0.783. The molecule has 2 rings (SSSR count). The number of rotatable bonds is 2. The standard InChI is InChI=1S/C13H13ClN2O2/c1-13(12(17)18)4-5-16(8-13)11-3-2-9(7-15)6-10(11)14/h2-3,6H,4-5,8H2,1H3,(H,17,18). The van der Waals surface area contributed by atoms with Gasteiger partial charge in [0, 0.05) is 13.1 Å². The van der Waals surface area contributed by atoms with Crippen LogP contribution in [0.25, 0.3) is 0 Å². The minimum Gasteiger partial charge on any atom is -0.481 e. The molecule has 5 heteroatoms. The number of nitriles is 1. The van der Waals surface area contributed by atoms with Crippen LogP contribution in [0.3, 0.4) is 0 Å². The fourth-order valence-electron chi connectivity index (χ4n) is 2.17. The van der Waals surface area contributed by atoms with Crippen LogP contribution in [0.5, 0.6) is 0 Å². The van der Waals surface area contributed by atoms with Gasteiger partial charge in [-0.25, -0.2) is 0 Å². The van der Waals surface area contributed by atoms with Crippen LogP contribution in [0, 0.1) is 16.7 Å². The lowest BCUT2D eigenvalue weighted by atomic mass is 9.90. The number of aliphatic carboxylic acids is 1. The molecule has 1 atom stereocenters. The average molecular weight is 265 g/mol. The first-order valence-corrected chi connectivity index (χ1v) is 6.02. The summed E-state index contributed by atoms with van der Waals surface area (Å²) in [4.78, 5) is 13.1. The van der Waals surface area contributed by atoms with Gasteiger partial charge in [-0.1, -0.05) is 11.6 Å². The van der Waals surface area contributed by atoms with E-state index in [4.69, 9.17) is 16.9 Å². The molecule has 4 nitrogen and oxygen atoms in total. The summed E-state index contributed by atoms with van der Waals surface area (Å²) < 4.78 is 0. The third-order valence-electron chi connectivity index (χ3n) is 3.41. The van der Waals surface area contributed by atoms with Gasteiger partial charge in [-0.2, -0.15) is 5.26 Å². The SMILES string of the molecule is CC1(C(=O)O)CCN(c2ccc(C#N)cc2Cl)C1. The Bertz CT molecular complexity index is 538. The molecule has 0 saturated carbocycles. The molecule has 1 aliphatic rings. The van der Waals surface area contributed by atoms with Crippen LogP contribution in [0.15, 0.2) is 18.2 Å². The van der Waals surface area contributed by atoms with E-state index in [1.807, 2.05) is 11.0 Å². The van der Waals surface area contributed by atoms with Crippen molar-refractivity contribution < 1.29 is 9.90 Å². The maximum atomic E-state index is 11.2. The second-order valence-electron chi connectivity index (χ2n) is 4.82. The van der Waals surface area contributed by atoms with Gasteiger partial charge in [-0.15, -0.1) is 0 Å². The molecule has 0 bridgehead atoms. The predicted octanol–water partition coefficient (Wildman–Crippen LogP) is 2.51. The molecule has 0 amide bonds. The molecule has 0 spiro atoms. The van der Waals surface area contributed by atoms with Crippen molar-refractivity contribution in [1.29, 1.82) is 5.26 Å². The Balaban J connectivity index is 2.25. The van der Waals surface area contributed by atoms with Gasteiger partial charge in [0.1, 0.15) is 0 Å². The summed E-state index contributed by atoms with van der Waals surface area (Å²) in [6, 6.07) is 7.09.